The minimum absolute atomic E-state index is 0.0684. The molecule has 1 aliphatic carbocycles. The zero-order valence-electron chi connectivity index (χ0n) is 17.6. The standard InChI is InChI=1S/C23H23N5O3/c1-15-21-19(24-25-22(29)16-8-7-11-18(12-16)28(30)31)13-23(2,3)14-20(21)27(26-15)17-9-5-4-6-10-17/h4-12H,13-14H2,1-3H3,(H,25,29)/b24-19+. The largest absolute Gasteiger partial charge is 0.271 e. The average Bonchev–Trinajstić information content (AvgIpc) is 3.07. The molecule has 1 amide bonds. The van der Waals surface area contributed by atoms with E-state index in [-0.39, 0.29) is 16.7 Å². The van der Waals surface area contributed by atoms with Crippen molar-refractivity contribution in [1.82, 2.24) is 15.2 Å². The third-order valence-corrected chi connectivity index (χ3v) is 5.35. The molecule has 3 aromatic rings. The molecule has 1 aromatic heterocycles. The molecule has 1 heterocycles. The number of amides is 1. The van der Waals surface area contributed by atoms with E-state index in [2.05, 4.69) is 24.4 Å². The summed E-state index contributed by atoms with van der Waals surface area (Å²) in [6, 6.07) is 15.5. The first-order valence-corrected chi connectivity index (χ1v) is 10.0. The first-order chi connectivity index (χ1) is 14.7. The van der Waals surface area contributed by atoms with E-state index in [4.69, 9.17) is 5.10 Å². The maximum atomic E-state index is 12.6. The molecule has 31 heavy (non-hydrogen) atoms. The van der Waals surface area contributed by atoms with E-state index in [1.54, 1.807) is 0 Å². The molecule has 0 saturated carbocycles. The lowest BCUT2D eigenvalue weighted by Gasteiger charge is -2.31. The Labute approximate surface area is 179 Å². The SMILES string of the molecule is Cc1nn(-c2ccccc2)c2c1/C(=N/NC(=O)c1cccc([N+](=O)[O-])c1)CC(C)(C)C2. The molecule has 0 bridgehead atoms. The van der Waals surface area contributed by atoms with Crippen LogP contribution in [-0.4, -0.2) is 26.3 Å². The van der Waals surface area contributed by atoms with Gasteiger partial charge in [-0.1, -0.05) is 38.1 Å². The van der Waals surface area contributed by atoms with E-state index in [1.807, 2.05) is 41.9 Å². The minimum atomic E-state index is -0.528. The second kappa shape index (κ2) is 7.79. The molecule has 8 nitrogen and oxygen atoms in total. The number of hydrogen-bond acceptors (Lipinski definition) is 5. The lowest BCUT2D eigenvalue weighted by Crippen LogP contribution is -2.31. The predicted molar refractivity (Wildman–Crippen MR) is 118 cm³/mol. The molecule has 2 aromatic carbocycles. The van der Waals surface area contributed by atoms with E-state index < -0.39 is 10.8 Å². The summed E-state index contributed by atoms with van der Waals surface area (Å²) < 4.78 is 1.95. The molecule has 0 radical (unpaired) electrons. The van der Waals surface area contributed by atoms with Crippen molar-refractivity contribution < 1.29 is 9.72 Å². The smallest absolute Gasteiger partial charge is 0.267 e. The van der Waals surface area contributed by atoms with Gasteiger partial charge in [0.25, 0.3) is 11.6 Å². The maximum absolute atomic E-state index is 12.6. The summed E-state index contributed by atoms with van der Waals surface area (Å²) in [6.45, 7) is 6.26. The number of nitrogens with zero attached hydrogens (tertiary/aromatic N) is 4. The maximum Gasteiger partial charge on any atom is 0.271 e. The number of aryl methyl sites for hydroxylation is 1. The highest BCUT2D eigenvalue weighted by molar-refractivity contribution is 6.05. The molecule has 0 spiro atoms. The van der Waals surface area contributed by atoms with Gasteiger partial charge in [0.1, 0.15) is 0 Å². The van der Waals surface area contributed by atoms with Crippen LogP contribution in [0.2, 0.25) is 0 Å². The second-order valence-electron chi connectivity index (χ2n) is 8.48. The van der Waals surface area contributed by atoms with Gasteiger partial charge in [0, 0.05) is 23.3 Å². The van der Waals surface area contributed by atoms with Gasteiger partial charge in [-0.3, -0.25) is 14.9 Å². The normalized spacial score (nSPS) is 16.0. The number of nitrogens with one attached hydrogen (secondary N) is 1. The van der Waals surface area contributed by atoms with Crippen LogP contribution in [0.1, 0.15) is 47.6 Å². The molecule has 0 fully saturated rings. The molecule has 0 atom stereocenters. The fourth-order valence-corrected chi connectivity index (χ4v) is 3.99. The topological polar surface area (TPSA) is 102 Å². The van der Waals surface area contributed by atoms with Crippen molar-refractivity contribution in [1.29, 1.82) is 0 Å². The van der Waals surface area contributed by atoms with Crippen molar-refractivity contribution in [2.75, 3.05) is 0 Å². The molecule has 1 N–H and O–H groups in total. The van der Waals surface area contributed by atoms with Crippen LogP contribution >= 0.6 is 0 Å². The van der Waals surface area contributed by atoms with Gasteiger partial charge in [-0.2, -0.15) is 10.2 Å². The van der Waals surface area contributed by atoms with E-state index in [0.29, 0.717) is 6.42 Å². The lowest BCUT2D eigenvalue weighted by atomic mass is 9.75. The Hall–Kier alpha value is -3.81. The first-order valence-electron chi connectivity index (χ1n) is 10.0. The first kappa shape index (κ1) is 20.5. The van der Waals surface area contributed by atoms with E-state index in [1.165, 1.54) is 24.3 Å². The number of nitro groups is 1. The summed E-state index contributed by atoms with van der Waals surface area (Å²) >= 11 is 0. The number of benzene rings is 2. The van der Waals surface area contributed by atoms with Crippen molar-refractivity contribution in [3.63, 3.8) is 0 Å². The highest BCUT2D eigenvalue weighted by Gasteiger charge is 2.34. The molecule has 0 unspecified atom stereocenters. The molecule has 4 rings (SSSR count). The van der Waals surface area contributed by atoms with Crippen LogP contribution in [0.15, 0.2) is 59.7 Å². The summed E-state index contributed by atoms with van der Waals surface area (Å²) in [6.07, 6.45) is 1.51. The Morgan fingerprint density at radius 2 is 1.90 bits per heavy atom. The van der Waals surface area contributed by atoms with Crippen molar-refractivity contribution >= 4 is 17.3 Å². The van der Waals surface area contributed by atoms with Crippen LogP contribution in [0.4, 0.5) is 5.69 Å². The number of aromatic nitrogens is 2. The Kier molecular flexibility index (Phi) is 5.14. The molecule has 0 aliphatic heterocycles. The summed E-state index contributed by atoms with van der Waals surface area (Å²) in [5.74, 6) is -0.491. The third kappa shape index (κ3) is 4.09. The molecular weight excluding hydrogens is 394 g/mol. The van der Waals surface area contributed by atoms with Gasteiger partial charge < -0.3 is 0 Å². The van der Waals surface area contributed by atoms with Crippen LogP contribution in [0, 0.1) is 22.5 Å². The Morgan fingerprint density at radius 1 is 1.16 bits per heavy atom. The summed E-state index contributed by atoms with van der Waals surface area (Å²) in [5, 5.41) is 20.2. The number of carbonyl (C=O) groups excluding carboxylic acids is 1. The van der Waals surface area contributed by atoms with Gasteiger partial charge in [-0.25, -0.2) is 10.1 Å². The fraction of sp³-hybridized carbons (Fsp3) is 0.261. The Bertz CT molecular complexity index is 1200. The van der Waals surface area contributed by atoms with Crippen LogP contribution in [0.25, 0.3) is 5.69 Å². The number of nitro benzene ring substituents is 1. The third-order valence-electron chi connectivity index (χ3n) is 5.35. The van der Waals surface area contributed by atoms with Crippen LogP contribution in [0.3, 0.4) is 0 Å². The summed E-state index contributed by atoms with van der Waals surface area (Å²) in [5.41, 5.74) is 7.14. The van der Waals surface area contributed by atoms with Gasteiger partial charge in [0.05, 0.1) is 27.7 Å². The molecule has 0 saturated heterocycles. The highest BCUT2D eigenvalue weighted by atomic mass is 16.6. The average molecular weight is 417 g/mol. The number of para-hydroxylation sites is 1. The zero-order chi connectivity index (χ0) is 22.2. The fourth-order valence-electron chi connectivity index (χ4n) is 3.99. The highest BCUT2D eigenvalue weighted by Crippen LogP contribution is 2.37. The number of fused-ring (bicyclic) bond motifs is 1. The van der Waals surface area contributed by atoms with Gasteiger partial charge in [-0.05, 0) is 43.4 Å². The molecular formula is C23H23N5O3. The minimum Gasteiger partial charge on any atom is -0.267 e. The van der Waals surface area contributed by atoms with E-state index in [0.717, 1.165) is 34.8 Å². The van der Waals surface area contributed by atoms with Crippen LogP contribution in [-0.2, 0) is 6.42 Å². The van der Waals surface area contributed by atoms with E-state index >= 15 is 0 Å². The summed E-state index contributed by atoms with van der Waals surface area (Å²) in [7, 11) is 0. The molecule has 158 valence electrons. The van der Waals surface area contributed by atoms with Crippen LogP contribution in [0.5, 0.6) is 0 Å². The summed E-state index contributed by atoms with van der Waals surface area (Å²) in [4.78, 5) is 23.0. The van der Waals surface area contributed by atoms with Crippen molar-refractivity contribution in [3.05, 3.63) is 87.2 Å². The number of rotatable bonds is 4. The van der Waals surface area contributed by atoms with Gasteiger partial charge in [0.2, 0.25) is 0 Å². The van der Waals surface area contributed by atoms with E-state index in [9.17, 15) is 14.9 Å². The Morgan fingerprint density at radius 3 is 2.61 bits per heavy atom. The monoisotopic (exact) mass is 417 g/mol. The van der Waals surface area contributed by atoms with Gasteiger partial charge in [-0.15, -0.1) is 0 Å². The second-order valence-corrected chi connectivity index (χ2v) is 8.48. The number of non-ortho nitro benzene ring substituents is 1. The molecule has 8 heteroatoms. The van der Waals surface area contributed by atoms with Crippen molar-refractivity contribution in [2.45, 2.75) is 33.6 Å². The quantitative estimate of drug-likeness (QED) is 0.508. The van der Waals surface area contributed by atoms with Crippen molar-refractivity contribution in [2.24, 2.45) is 10.5 Å². The van der Waals surface area contributed by atoms with Crippen molar-refractivity contribution in [3.8, 4) is 5.69 Å². The zero-order valence-corrected chi connectivity index (χ0v) is 17.6. The lowest BCUT2D eigenvalue weighted by molar-refractivity contribution is -0.384. The Balaban J connectivity index is 1.69. The molecule has 1 aliphatic rings. The predicted octanol–water partition coefficient (Wildman–Crippen LogP) is 4.20. The van der Waals surface area contributed by atoms with Crippen LogP contribution < -0.4 is 5.43 Å². The number of carbonyl (C=O) groups is 1. The van der Waals surface area contributed by atoms with Gasteiger partial charge >= 0.3 is 0 Å². The van der Waals surface area contributed by atoms with Gasteiger partial charge in [0.15, 0.2) is 0 Å². The number of hydrogen-bond donors (Lipinski definition) is 1. The number of hydrazone groups is 1.